The number of carbonyl (C=O) groups excluding carboxylic acids is 2. The number of aromatic nitrogens is 1. The second kappa shape index (κ2) is 7.95. The largest absolute Gasteiger partial charge is 0.462 e. The Morgan fingerprint density at radius 2 is 2.00 bits per heavy atom. The number of nitrogens with zero attached hydrogens (tertiary/aromatic N) is 1. The van der Waals surface area contributed by atoms with Crippen molar-refractivity contribution in [3.8, 4) is 6.07 Å². The first-order valence-electron chi connectivity index (χ1n) is 7.68. The molecule has 1 aromatic heterocycles. The maximum atomic E-state index is 12.8. The van der Waals surface area contributed by atoms with E-state index < -0.39 is 11.8 Å². The normalized spacial score (nSPS) is 11.1. The van der Waals surface area contributed by atoms with E-state index in [1.807, 2.05) is 24.3 Å². The van der Waals surface area contributed by atoms with E-state index in [-0.39, 0.29) is 17.9 Å². The van der Waals surface area contributed by atoms with Crippen LogP contribution in [-0.4, -0.2) is 23.3 Å². The van der Waals surface area contributed by atoms with E-state index >= 15 is 0 Å². The summed E-state index contributed by atoms with van der Waals surface area (Å²) < 4.78 is 5.80. The van der Waals surface area contributed by atoms with Gasteiger partial charge in [0.1, 0.15) is 11.6 Å². The molecule has 2 rings (SSSR count). The lowest BCUT2D eigenvalue weighted by Crippen LogP contribution is -2.08. The molecule has 1 N–H and O–H groups in total. The lowest BCUT2D eigenvalue weighted by Gasteiger charge is -2.03. The van der Waals surface area contributed by atoms with Gasteiger partial charge in [0.25, 0.3) is 0 Å². The number of aryl methyl sites for hydroxylation is 1. The maximum absolute atomic E-state index is 12.8. The summed E-state index contributed by atoms with van der Waals surface area (Å²) in [5.41, 5.74) is 2.28. The molecule has 0 aliphatic rings. The van der Waals surface area contributed by atoms with E-state index in [1.165, 1.54) is 6.08 Å². The van der Waals surface area contributed by atoms with Gasteiger partial charge in [0.05, 0.1) is 17.9 Å². The average molecular weight is 401 g/mol. The number of nitrogens with one attached hydrogen (secondary N) is 1. The molecule has 0 amide bonds. The molecule has 0 aliphatic carbocycles. The number of halogens is 1. The van der Waals surface area contributed by atoms with Crippen molar-refractivity contribution in [3.63, 3.8) is 0 Å². The number of aromatic amines is 1. The van der Waals surface area contributed by atoms with Gasteiger partial charge in [0.15, 0.2) is 0 Å². The third-order valence-corrected chi connectivity index (χ3v) is 4.44. The van der Waals surface area contributed by atoms with Crippen molar-refractivity contribution >= 4 is 33.8 Å². The van der Waals surface area contributed by atoms with Crippen molar-refractivity contribution in [2.45, 2.75) is 20.8 Å². The van der Waals surface area contributed by atoms with Gasteiger partial charge in [-0.15, -0.1) is 0 Å². The molecule has 128 valence electrons. The maximum Gasteiger partial charge on any atom is 0.340 e. The highest BCUT2D eigenvalue weighted by Crippen LogP contribution is 2.24. The molecular weight excluding hydrogens is 384 g/mol. The quantitative estimate of drug-likeness (QED) is 0.349. The number of rotatable bonds is 5. The fourth-order valence-corrected chi connectivity index (χ4v) is 2.92. The Balaban J connectivity index is 2.46. The minimum Gasteiger partial charge on any atom is -0.462 e. The summed E-state index contributed by atoms with van der Waals surface area (Å²) in [4.78, 5) is 27.7. The topological polar surface area (TPSA) is 83.0 Å². The summed E-state index contributed by atoms with van der Waals surface area (Å²) in [5, 5.41) is 9.41. The zero-order valence-electron chi connectivity index (χ0n) is 14.1. The predicted molar refractivity (Wildman–Crippen MR) is 98.3 cm³/mol. The number of hydrogen-bond acceptors (Lipinski definition) is 4. The number of Topliss-reactive ketones (excluding diaryl/α,β-unsaturated/α-hetero) is 1. The Hall–Kier alpha value is -2.65. The Bertz CT molecular complexity index is 904. The second-order valence-corrected chi connectivity index (χ2v) is 6.22. The molecule has 0 atom stereocenters. The van der Waals surface area contributed by atoms with Crippen LogP contribution in [0.25, 0.3) is 6.08 Å². The third-order valence-electron chi connectivity index (χ3n) is 3.71. The number of allylic oxidation sites excluding steroid dienone is 1. The minimum atomic E-state index is -0.485. The van der Waals surface area contributed by atoms with E-state index in [1.54, 1.807) is 26.8 Å². The standard InChI is InChI=1S/C19H17BrN2O3/c1-4-25-19(24)16-11(2)17(22-12(16)3)18(23)14(10-21)9-13-7-5-6-8-15(13)20/h5-9,22H,4H2,1-3H3/b14-9+. The van der Waals surface area contributed by atoms with Crippen LogP contribution in [0.3, 0.4) is 0 Å². The van der Waals surface area contributed by atoms with Crippen molar-refractivity contribution in [1.29, 1.82) is 5.26 Å². The monoisotopic (exact) mass is 400 g/mol. The Morgan fingerprint density at radius 1 is 1.32 bits per heavy atom. The Kier molecular flexibility index (Phi) is 5.94. The number of hydrogen-bond donors (Lipinski definition) is 1. The van der Waals surface area contributed by atoms with Crippen LogP contribution in [0.4, 0.5) is 0 Å². The van der Waals surface area contributed by atoms with Crippen molar-refractivity contribution in [3.05, 3.63) is 62.4 Å². The lowest BCUT2D eigenvalue weighted by atomic mass is 10.0. The molecule has 0 bridgehead atoms. The number of benzene rings is 1. The Labute approximate surface area is 154 Å². The SMILES string of the molecule is CCOC(=O)c1c(C)[nH]c(C(=O)/C(C#N)=C/c2ccccc2Br)c1C. The Morgan fingerprint density at radius 3 is 2.60 bits per heavy atom. The first-order chi connectivity index (χ1) is 11.9. The molecule has 0 spiro atoms. The molecule has 2 aromatic rings. The van der Waals surface area contributed by atoms with E-state index in [0.717, 1.165) is 10.0 Å². The third kappa shape index (κ3) is 3.89. The van der Waals surface area contributed by atoms with E-state index in [2.05, 4.69) is 20.9 Å². The van der Waals surface area contributed by atoms with Gasteiger partial charge in [0.2, 0.25) is 5.78 Å². The summed E-state index contributed by atoms with van der Waals surface area (Å²) in [6, 6.07) is 9.23. The van der Waals surface area contributed by atoms with Gasteiger partial charge in [-0.2, -0.15) is 5.26 Å². The van der Waals surface area contributed by atoms with Gasteiger partial charge in [-0.25, -0.2) is 4.79 Å². The smallest absolute Gasteiger partial charge is 0.340 e. The van der Waals surface area contributed by atoms with Crippen LogP contribution in [0.1, 0.15) is 44.6 Å². The van der Waals surface area contributed by atoms with Gasteiger partial charge in [-0.05, 0) is 44.0 Å². The molecule has 1 aromatic carbocycles. The number of ether oxygens (including phenoxy) is 1. The van der Waals surface area contributed by atoms with E-state index in [0.29, 0.717) is 16.8 Å². The first kappa shape index (κ1) is 18.7. The highest BCUT2D eigenvalue weighted by atomic mass is 79.9. The number of carbonyl (C=O) groups is 2. The molecule has 25 heavy (non-hydrogen) atoms. The summed E-state index contributed by atoms with van der Waals surface area (Å²) in [7, 11) is 0. The van der Waals surface area contributed by atoms with Gasteiger partial charge in [-0.3, -0.25) is 4.79 Å². The van der Waals surface area contributed by atoms with Crippen LogP contribution in [0.15, 0.2) is 34.3 Å². The van der Waals surface area contributed by atoms with Crippen molar-refractivity contribution in [1.82, 2.24) is 4.98 Å². The van der Waals surface area contributed by atoms with Crippen LogP contribution < -0.4 is 0 Å². The molecule has 0 fully saturated rings. The molecule has 1 heterocycles. The second-order valence-electron chi connectivity index (χ2n) is 5.37. The van der Waals surface area contributed by atoms with Gasteiger partial charge in [0, 0.05) is 10.2 Å². The van der Waals surface area contributed by atoms with Crippen LogP contribution >= 0.6 is 15.9 Å². The molecule has 6 heteroatoms. The highest BCUT2D eigenvalue weighted by Gasteiger charge is 2.24. The fourth-order valence-electron chi connectivity index (χ4n) is 2.52. The highest BCUT2D eigenvalue weighted by molar-refractivity contribution is 9.10. The number of esters is 1. The first-order valence-corrected chi connectivity index (χ1v) is 8.47. The van der Waals surface area contributed by atoms with Crippen LogP contribution in [0.5, 0.6) is 0 Å². The predicted octanol–water partition coefficient (Wildman–Crippen LogP) is 4.36. The molecular formula is C19H17BrN2O3. The van der Waals surface area contributed by atoms with Gasteiger partial charge >= 0.3 is 5.97 Å². The average Bonchev–Trinajstić information content (AvgIpc) is 2.88. The zero-order chi connectivity index (χ0) is 18.6. The molecule has 0 unspecified atom stereocenters. The summed E-state index contributed by atoms with van der Waals surface area (Å²) >= 11 is 3.39. The summed E-state index contributed by atoms with van der Waals surface area (Å²) in [6.45, 7) is 5.32. The van der Waals surface area contributed by atoms with Crippen LogP contribution in [-0.2, 0) is 4.74 Å². The summed E-state index contributed by atoms with van der Waals surface area (Å²) in [6.07, 6.45) is 1.52. The zero-order valence-corrected chi connectivity index (χ0v) is 15.7. The number of ketones is 1. The van der Waals surface area contributed by atoms with E-state index in [4.69, 9.17) is 4.74 Å². The van der Waals surface area contributed by atoms with Crippen LogP contribution in [0, 0.1) is 25.2 Å². The lowest BCUT2D eigenvalue weighted by molar-refractivity contribution is 0.0525. The van der Waals surface area contributed by atoms with Crippen molar-refractivity contribution in [2.24, 2.45) is 0 Å². The van der Waals surface area contributed by atoms with Crippen LogP contribution in [0.2, 0.25) is 0 Å². The molecule has 0 saturated carbocycles. The molecule has 0 radical (unpaired) electrons. The number of H-pyrrole nitrogens is 1. The number of nitriles is 1. The fraction of sp³-hybridized carbons (Fsp3) is 0.211. The van der Waals surface area contributed by atoms with E-state index in [9.17, 15) is 14.9 Å². The van der Waals surface area contributed by atoms with Crippen molar-refractivity contribution in [2.75, 3.05) is 6.61 Å². The van der Waals surface area contributed by atoms with Crippen molar-refractivity contribution < 1.29 is 14.3 Å². The molecule has 5 nitrogen and oxygen atoms in total. The summed E-state index contributed by atoms with van der Waals surface area (Å²) in [5.74, 6) is -0.949. The molecule has 0 aliphatic heterocycles. The van der Waals surface area contributed by atoms with Gasteiger partial charge in [-0.1, -0.05) is 34.1 Å². The molecule has 0 saturated heterocycles. The minimum absolute atomic E-state index is 0.0216. The van der Waals surface area contributed by atoms with Gasteiger partial charge < -0.3 is 9.72 Å².